The molecule has 1 aliphatic carbocycles. The van der Waals surface area contributed by atoms with Crippen molar-refractivity contribution < 1.29 is 9.53 Å². The summed E-state index contributed by atoms with van der Waals surface area (Å²) < 4.78 is 5.79. The molecule has 2 atom stereocenters. The monoisotopic (exact) mass is 249 g/mol. The molecule has 1 N–H and O–H groups in total. The molecule has 0 unspecified atom stereocenters. The highest BCUT2D eigenvalue weighted by Gasteiger charge is 2.39. The number of nitrogens with one attached hydrogen (secondary N) is 1. The summed E-state index contributed by atoms with van der Waals surface area (Å²) >= 11 is 0. The van der Waals surface area contributed by atoms with Gasteiger partial charge in [-0.15, -0.1) is 0 Å². The predicted octanol–water partition coefficient (Wildman–Crippen LogP) is 1.50. The molecule has 0 bridgehead atoms. The lowest BCUT2D eigenvalue weighted by Gasteiger charge is -2.32. The molecule has 1 aliphatic heterocycles. The van der Waals surface area contributed by atoms with E-state index in [4.69, 9.17) is 4.74 Å². The molecule has 1 aromatic rings. The van der Waals surface area contributed by atoms with E-state index >= 15 is 0 Å². The molecule has 0 aromatic carbocycles. The number of aromatic amines is 1. The number of rotatable bonds is 3. The summed E-state index contributed by atoms with van der Waals surface area (Å²) in [5, 5.41) is 6.88. The molecule has 98 valence electrons. The van der Waals surface area contributed by atoms with Crippen LogP contribution >= 0.6 is 0 Å². The lowest BCUT2D eigenvalue weighted by Crippen LogP contribution is -2.40. The number of carbonyl (C=O) groups is 1. The summed E-state index contributed by atoms with van der Waals surface area (Å²) in [5.74, 6) is 0.154. The summed E-state index contributed by atoms with van der Waals surface area (Å²) in [7, 11) is 1.92. The van der Waals surface area contributed by atoms with E-state index in [1.807, 2.05) is 18.0 Å². The number of hydrogen-bond acceptors (Lipinski definition) is 3. The minimum atomic E-state index is -0.157. The number of carbonyl (C=O) groups excluding carboxylic acids is 1. The molecule has 1 amide bonds. The molecule has 1 saturated heterocycles. The van der Waals surface area contributed by atoms with Crippen molar-refractivity contribution >= 4 is 5.91 Å². The van der Waals surface area contributed by atoms with Crippen LogP contribution in [0.4, 0.5) is 0 Å². The number of hydrogen-bond donors (Lipinski definition) is 1. The normalized spacial score (nSPS) is 28.1. The molecule has 2 fully saturated rings. The molecular weight excluding hydrogens is 230 g/mol. The van der Waals surface area contributed by atoms with Crippen molar-refractivity contribution in [1.29, 1.82) is 0 Å². The van der Waals surface area contributed by atoms with E-state index < -0.39 is 0 Å². The molecule has 0 spiro atoms. The summed E-state index contributed by atoms with van der Waals surface area (Å²) in [6.45, 7) is 0.723. The zero-order valence-electron chi connectivity index (χ0n) is 10.6. The first-order valence-corrected chi connectivity index (χ1v) is 6.65. The van der Waals surface area contributed by atoms with Crippen molar-refractivity contribution in [2.75, 3.05) is 13.7 Å². The molecule has 5 nitrogen and oxygen atoms in total. The van der Waals surface area contributed by atoms with Gasteiger partial charge in [0.25, 0.3) is 0 Å². The number of aromatic nitrogens is 2. The van der Waals surface area contributed by atoms with Gasteiger partial charge in [0.15, 0.2) is 0 Å². The van der Waals surface area contributed by atoms with Crippen LogP contribution in [0.2, 0.25) is 0 Å². The first kappa shape index (κ1) is 11.7. The van der Waals surface area contributed by atoms with Gasteiger partial charge in [0, 0.05) is 25.9 Å². The van der Waals surface area contributed by atoms with Gasteiger partial charge in [0.2, 0.25) is 5.91 Å². The Hall–Kier alpha value is -1.36. The van der Waals surface area contributed by atoms with E-state index in [1.165, 1.54) is 0 Å². The van der Waals surface area contributed by atoms with Crippen molar-refractivity contribution in [3.8, 4) is 0 Å². The average molecular weight is 249 g/mol. The predicted molar refractivity (Wildman–Crippen MR) is 65.8 cm³/mol. The van der Waals surface area contributed by atoms with Crippen LogP contribution in [0.1, 0.15) is 37.5 Å². The maximum atomic E-state index is 12.5. The zero-order valence-corrected chi connectivity index (χ0v) is 10.6. The van der Waals surface area contributed by atoms with Gasteiger partial charge in [-0.05, 0) is 31.7 Å². The van der Waals surface area contributed by atoms with Gasteiger partial charge in [0.05, 0.1) is 11.6 Å². The minimum Gasteiger partial charge on any atom is -0.371 e. The molecule has 3 rings (SSSR count). The molecular formula is C13H19N3O2. The Labute approximate surface area is 107 Å². The van der Waals surface area contributed by atoms with Crippen LogP contribution < -0.4 is 0 Å². The van der Waals surface area contributed by atoms with Crippen LogP contribution in [0.3, 0.4) is 0 Å². The quantitative estimate of drug-likeness (QED) is 0.883. The summed E-state index contributed by atoms with van der Waals surface area (Å²) in [6.07, 6.45) is 5.70. The van der Waals surface area contributed by atoms with Gasteiger partial charge < -0.3 is 9.64 Å². The number of H-pyrrole nitrogens is 1. The van der Waals surface area contributed by atoms with E-state index in [0.29, 0.717) is 6.04 Å². The molecule has 18 heavy (non-hydrogen) atoms. The summed E-state index contributed by atoms with van der Waals surface area (Å²) in [6, 6.07) is 2.36. The Kier molecular flexibility index (Phi) is 3.07. The fraction of sp³-hybridized carbons (Fsp3) is 0.692. The lowest BCUT2D eigenvalue weighted by molar-refractivity contribution is -0.144. The maximum Gasteiger partial charge on any atom is 0.228 e. The fourth-order valence-corrected chi connectivity index (χ4v) is 2.67. The van der Waals surface area contributed by atoms with Gasteiger partial charge in [-0.2, -0.15) is 5.10 Å². The van der Waals surface area contributed by atoms with E-state index in [1.54, 1.807) is 6.20 Å². The molecule has 2 heterocycles. The van der Waals surface area contributed by atoms with E-state index in [2.05, 4.69) is 10.2 Å². The number of nitrogens with zero attached hydrogens (tertiary/aromatic N) is 2. The average Bonchev–Trinajstić information content (AvgIpc) is 3.12. The van der Waals surface area contributed by atoms with Gasteiger partial charge in [-0.1, -0.05) is 0 Å². The Morgan fingerprint density at radius 1 is 1.50 bits per heavy atom. The second-order valence-electron chi connectivity index (χ2n) is 5.23. The van der Waals surface area contributed by atoms with E-state index in [0.717, 1.165) is 38.0 Å². The molecule has 0 radical (unpaired) electrons. The second kappa shape index (κ2) is 4.72. The van der Waals surface area contributed by atoms with Crippen LogP contribution in [-0.4, -0.2) is 40.7 Å². The third kappa shape index (κ3) is 2.14. The van der Waals surface area contributed by atoms with Gasteiger partial charge in [-0.25, -0.2) is 0 Å². The second-order valence-corrected chi connectivity index (χ2v) is 5.23. The highest BCUT2D eigenvalue weighted by atomic mass is 16.5. The zero-order chi connectivity index (χ0) is 12.5. The van der Waals surface area contributed by atoms with Crippen LogP contribution in [0, 0.1) is 5.92 Å². The van der Waals surface area contributed by atoms with Crippen LogP contribution in [0.25, 0.3) is 0 Å². The van der Waals surface area contributed by atoms with E-state index in [-0.39, 0.29) is 17.9 Å². The molecule has 5 heteroatoms. The van der Waals surface area contributed by atoms with Crippen LogP contribution in [-0.2, 0) is 9.53 Å². The topological polar surface area (TPSA) is 58.2 Å². The number of amides is 1. The van der Waals surface area contributed by atoms with Crippen molar-refractivity contribution in [3.63, 3.8) is 0 Å². The van der Waals surface area contributed by atoms with Gasteiger partial charge >= 0.3 is 0 Å². The number of ether oxygens (including phenoxy) is 1. The van der Waals surface area contributed by atoms with Crippen LogP contribution in [0.15, 0.2) is 12.3 Å². The molecule has 2 aliphatic rings. The third-order valence-electron chi connectivity index (χ3n) is 3.91. The summed E-state index contributed by atoms with van der Waals surface area (Å²) in [5.41, 5.74) is 0.914. The molecule has 1 saturated carbocycles. The standard InChI is InChI=1S/C13H19N3O2/c1-16(9-4-5-9)13(17)10-3-2-8-18-12(10)11-6-7-14-15-11/h6-7,9-10,12H,2-5,8H2,1H3,(H,14,15)/t10-,12-/m1/s1. The molecule has 1 aromatic heterocycles. The fourth-order valence-electron chi connectivity index (χ4n) is 2.67. The van der Waals surface area contributed by atoms with Gasteiger partial charge in [-0.3, -0.25) is 9.89 Å². The smallest absolute Gasteiger partial charge is 0.228 e. The highest BCUT2D eigenvalue weighted by Crippen LogP contribution is 2.36. The van der Waals surface area contributed by atoms with Crippen LogP contribution in [0.5, 0.6) is 0 Å². The Morgan fingerprint density at radius 2 is 2.33 bits per heavy atom. The first-order chi connectivity index (χ1) is 8.77. The maximum absolute atomic E-state index is 12.5. The minimum absolute atomic E-state index is 0.0650. The Balaban J connectivity index is 1.76. The highest BCUT2D eigenvalue weighted by molar-refractivity contribution is 5.80. The Bertz CT molecular complexity index is 414. The first-order valence-electron chi connectivity index (χ1n) is 6.65. The lowest BCUT2D eigenvalue weighted by atomic mass is 9.91. The van der Waals surface area contributed by atoms with Crippen molar-refractivity contribution in [2.24, 2.45) is 5.92 Å². The van der Waals surface area contributed by atoms with E-state index in [9.17, 15) is 4.79 Å². The third-order valence-corrected chi connectivity index (χ3v) is 3.91. The largest absolute Gasteiger partial charge is 0.371 e. The SMILES string of the molecule is CN(C(=O)[C@@H]1CCCO[C@H]1c1ccn[nH]1)C1CC1. The van der Waals surface area contributed by atoms with Crippen molar-refractivity contribution in [1.82, 2.24) is 15.1 Å². The summed E-state index contributed by atoms with van der Waals surface area (Å²) in [4.78, 5) is 14.4. The van der Waals surface area contributed by atoms with Crippen molar-refractivity contribution in [3.05, 3.63) is 18.0 Å². The van der Waals surface area contributed by atoms with Gasteiger partial charge in [0.1, 0.15) is 6.10 Å². The Morgan fingerprint density at radius 3 is 3.00 bits per heavy atom. The van der Waals surface area contributed by atoms with Crippen molar-refractivity contribution in [2.45, 2.75) is 37.8 Å².